The van der Waals surface area contributed by atoms with Crippen molar-refractivity contribution in [2.45, 2.75) is 20.0 Å². The number of hydrogen-bond donors (Lipinski definition) is 1. The lowest BCUT2D eigenvalue weighted by Crippen LogP contribution is -1.94. The first-order chi connectivity index (χ1) is 9.36. The molecule has 0 radical (unpaired) electrons. The first-order valence-electron chi connectivity index (χ1n) is 6.64. The van der Waals surface area contributed by atoms with E-state index in [0.717, 1.165) is 23.1 Å². The number of rotatable bonds is 4. The van der Waals surface area contributed by atoms with E-state index in [-0.39, 0.29) is 0 Å². The van der Waals surface area contributed by atoms with Crippen LogP contribution in [-0.4, -0.2) is 4.98 Å². The highest BCUT2D eigenvalue weighted by Gasteiger charge is 2.05. The number of nitrogens with one attached hydrogen (secondary N) is 1. The summed E-state index contributed by atoms with van der Waals surface area (Å²) in [7, 11) is 0. The standard InChI is InChI=1S/C17H17NO/c1-2-14-11-15-16(18-14)9-6-10-17(15)19-12-13-7-4-3-5-8-13/h3-11,18H,2,12H2,1H3. The van der Waals surface area contributed by atoms with Crippen LogP contribution in [0.2, 0.25) is 0 Å². The number of H-pyrrole nitrogens is 1. The van der Waals surface area contributed by atoms with Crippen LogP contribution in [0.5, 0.6) is 5.75 Å². The molecule has 0 amide bonds. The fourth-order valence-electron chi connectivity index (χ4n) is 2.24. The molecule has 0 aliphatic heterocycles. The van der Waals surface area contributed by atoms with E-state index >= 15 is 0 Å². The summed E-state index contributed by atoms with van der Waals surface area (Å²) in [6.45, 7) is 2.75. The Morgan fingerprint density at radius 1 is 1.00 bits per heavy atom. The third-order valence-electron chi connectivity index (χ3n) is 3.30. The molecule has 0 unspecified atom stereocenters. The van der Waals surface area contributed by atoms with Crippen molar-refractivity contribution in [3.63, 3.8) is 0 Å². The van der Waals surface area contributed by atoms with E-state index in [1.165, 1.54) is 11.3 Å². The lowest BCUT2D eigenvalue weighted by atomic mass is 10.2. The summed E-state index contributed by atoms with van der Waals surface area (Å²) >= 11 is 0. The monoisotopic (exact) mass is 251 g/mol. The summed E-state index contributed by atoms with van der Waals surface area (Å²) in [6, 6.07) is 18.6. The zero-order valence-electron chi connectivity index (χ0n) is 11.0. The molecule has 1 N–H and O–H groups in total. The summed E-state index contributed by atoms with van der Waals surface area (Å²) in [5, 5.41) is 1.16. The molecule has 3 rings (SSSR count). The van der Waals surface area contributed by atoms with E-state index in [1.54, 1.807) is 0 Å². The smallest absolute Gasteiger partial charge is 0.129 e. The van der Waals surface area contributed by atoms with Crippen LogP contribution in [0.15, 0.2) is 54.6 Å². The molecule has 2 nitrogen and oxygen atoms in total. The van der Waals surface area contributed by atoms with Gasteiger partial charge in [-0.2, -0.15) is 0 Å². The van der Waals surface area contributed by atoms with Crippen LogP contribution in [0.4, 0.5) is 0 Å². The van der Waals surface area contributed by atoms with Crippen LogP contribution >= 0.6 is 0 Å². The van der Waals surface area contributed by atoms with Crippen LogP contribution in [0, 0.1) is 0 Å². The maximum absolute atomic E-state index is 5.94. The van der Waals surface area contributed by atoms with Crippen LogP contribution in [0.25, 0.3) is 10.9 Å². The Balaban J connectivity index is 1.86. The van der Waals surface area contributed by atoms with Gasteiger partial charge in [0.25, 0.3) is 0 Å². The molecular formula is C17H17NO. The van der Waals surface area contributed by atoms with Crippen LogP contribution < -0.4 is 4.74 Å². The zero-order chi connectivity index (χ0) is 13.1. The highest BCUT2D eigenvalue weighted by atomic mass is 16.5. The Hall–Kier alpha value is -2.22. The van der Waals surface area contributed by atoms with Crippen molar-refractivity contribution in [2.75, 3.05) is 0 Å². The minimum absolute atomic E-state index is 0.604. The molecule has 2 heteroatoms. The van der Waals surface area contributed by atoms with Crippen molar-refractivity contribution >= 4 is 10.9 Å². The van der Waals surface area contributed by atoms with E-state index in [2.05, 4.69) is 36.2 Å². The van der Waals surface area contributed by atoms with Gasteiger partial charge in [-0.05, 0) is 30.2 Å². The molecule has 96 valence electrons. The fourth-order valence-corrected chi connectivity index (χ4v) is 2.24. The average Bonchev–Trinajstić information content (AvgIpc) is 2.90. The maximum atomic E-state index is 5.94. The average molecular weight is 251 g/mol. The van der Waals surface area contributed by atoms with Crippen molar-refractivity contribution in [3.05, 3.63) is 65.9 Å². The van der Waals surface area contributed by atoms with Gasteiger partial charge in [-0.15, -0.1) is 0 Å². The molecule has 3 aromatic rings. The zero-order valence-corrected chi connectivity index (χ0v) is 11.0. The second kappa shape index (κ2) is 5.19. The number of aromatic amines is 1. The SMILES string of the molecule is CCc1cc2c(OCc3ccccc3)cccc2[nH]1. The van der Waals surface area contributed by atoms with Gasteiger partial charge in [0.1, 0.15) is 12.4 Å². The Kier molecular flexibility index (Phi) is 3.23. The molecule has 2 aromatic carbocycles. The number of benzene rings is 2. The summed E-state index contributed by atoms with van der Waals surface area (Å²) in [4.78, 5) is 3.40. The molecule has 0 aliphatic carbocycles. The summed E-state index contributed by atoms with van der Waals surface area (Å²) in [5.41, 5.74) is 3.57. The Labute approximate surface area is 113 Å². The molecule has 1 heterocycles. The van der Waals surface area contributed by atoms with Crippen molar-refractivity contribution < 1.29 is 4.74 Å². The first-order valence-corrected chi connectivity index (χ1v) is 6.64. The minimum atomic E-state index is 0.604. The quantitative estimate of drug-likeness (QED) is 0.734. The molecule has 0 aliphatic rings. The third kappa shape index (κ3) is 2.48. The van der Waals surface area contributed by atoms with Crippen LogP contribution in [0.3, 0.4) is 0 Å². The summed E-state index contributed by atoms with van der Waals surface area (Å²) < 4.78 is 5.94. The van der Waals surface area contributed by atoms with E-state index in [9.17, 15) is 0 Å². The molecule has 0 atom stereocenters. The van der Waals surface area contributed by atoms with E-state index < -0.39 is 0 Å². The van der Waals surface area contributed by atoms with E-state index in [0.29, 0.717) is 6.61 Å². The van der Waals surface area contributed by atoms with Crippen LogP contribution in [-0.2, 0) is 13.0 Å². The molecule has 19 heavy (non-hydrogen) atoms. The van der Waals surface area contributed by atoms with Gasteiger partial charge in [0.2, 0.25) is 0 Å². The summed E-state index contributed by atoms with van der Waals surface area (Å²) in [5.74, 6) is 0.942. The fraction of sp³-hybridized carbons (Fsp3) is 0.176. The molecule has 0 saturated carbocycles. The molecule has 1 aromatic heterocycles. The molecule has 0 saturated heterocycles. The topological polar surface area (TPSA) is 25.0 Å². The molecule has 0 spiro atoms. The van der Waals surface area contributed by atoms with Gasteiger partial charge in [0.15, 0.2) is 0 Å². The van der Waals surface area contributed by atoms with Crippen molar-refractivity contribution in [3.8, 4) is 5.75 Å². The predicted octanol–water partition coefficient (Wildman–Crippen LogP) is 4.31. The van der Waals surface area contributed by atoms with Gasteiger partial charge < -0.3 is 9.72 Å². The number of aromatic nitrogens is 1. The van der Waals surface area contributed by atoms with Gasteiger partial charge in [0, 0.05) is 16.6 Å². The Morgan fingerprint density at radius 2 is 1.84 bits per heavy atom. The van der Waals surface area contributed by atoms with Crippen molar-refractivity contribution in [1.82, 2.24) is 4.98 Å². The summed E-state index contributed by atoms with van der Waals surface area (Å²) in [6.07, 6.45) is 1.01. The second-order valence-corrected chi connectivity index (χ2v) is 4.64. The molecular weight excluding hydrogens is 234 g/mol. The minimum Gasteiger partial charge on any atom is -0.488 e. The number of aryl methyl sites for hydroxylation is 1. The molecule has 0 fully saturated rings. The van der Waals surface area contributed by atoms with Crippen molar-refractivity contribution in [1.29, 1.82) is 0 Å². The normalized spacial score (nSPS) is 10.8. The van der Waals surface area contributed by atoms with Crippen LogP contribution in [0.1, 0.15) is 18.2 Å². The van der Waals surface area contributed by atoms with E-state index in [4.69, 9.17) is 4.74 Å². The maximum Gasteiger partial charge on any atom is 0.129 e. The predicted molar refractivity (Wildman–Crippen MR) is 78.5 cm³/mol. The Morgan fingerprint density at radius 3 is 2.63 bits per heavy atom. The van der Waals surface area contributed by atoms with Gasteiger partial charge in [-0.1, -0.05) is 43.3 Å². The number of hydrogen-bond acceptors (Lipinski definition) is 1. The highest BCUT2D eigenvalue weighted by molar-refractivity contribution is 5.86. The van der Waals surface area contributed by atoms with Crippen molar-refractivity contribution in [2.24, 2.45) is 0 Å². The lowest BCUT2D eigenvalue weighted by Gasteiger charge is -2.07. The van der Waals surface area contributed by atoms with Gasteiger partial charge in [-0.25, -0.2) is 0 Å². The Bertz CT molecular complexity index is 670. The number of fused-ring (bicyclic) bond motifs is 1. The van der Waals surface area contributed by atoms with Gasteiger partial charge in [0.05, 0.1) is 0 Å². The largest absolute Gasteiger partial charge is 0.488 e. The second-order valence-electron chi connectivity index (χ2n) is 4.64. The third-order valence-corrected chi connectivity index (χ3v) is 3.30. The highest BCUT2D eigenvalue weighted by Crippen LogP contribution is 2.27. The lowest BCUT2D eigenvalue weighted by molar-refractivity contribution is 0.310. The van der Waals surface area contributed by atoms with Gasteiger partial charge >= 0.3 is 0 Å². The first kappa shape index (κ1) is 11.8. The van der Waals surface area contributed by atoms with E-state index in [1.807, 2.05) is 30.3 Å². The number of ether oxygens (including phenoxy) is 1. The van der Waals surface area contributed by atoms with Gasteiger partial charge in [-0.3, -0.25) is 0 Å². The molecule has 0 bridgehead atoms.